The third kappa shape index (κ3) is 2.83. The Morgan fingerprint density at radius 3 is 2.56 bits per heavy atom. The van der Waals surface area contributed by atoms with E-state index in [1.54, 1.807) is 0 Å². The predicted molar refractivity (Wildman–Crippen MR) is 98.8 cm³/mol. The van der Waals surface area contributed by atoms with Gasteiger partial charge in [-0.2, -0.15) is 4.98 Å². The Bertz CT molecular complexity index is 1030. The fourth-order valence-corrected chi connectivity index (χ4v) is 5.28. The van der Waals surface area contributed by atoms with Crippen LogP contribution in [-0.4, -0.2) is 29.5 Å². The lowest BCUT2D eigenvalue weighted by atomic mass is 9.87. The highest BCUT2D eigenvalue weighted by Crippen LogP contribution is 2.70. The summed E-state index contributed by atoms with van der Waals surface area (Å²) in [6.07, 6.45) is 5.58. The fraction of sp³-hybridized carbons (Fsp3) is 0.368. The maximum Gasteiger partial charge on any atom is 0.231 e. The highest BCUT2D eigenvalue weighted by atomic mass is 32.2. The largest absolute Gasteiger partial charge is 0.339 e. The van der Waals surface area contributed by atoms with Crippen LogP contribution in [0.15, 0.2) is 59.2 Å². The van der Waals surface area contributed by atoms with Crippen molar-refractivity contribution in [3.05, 3.63) is 60.5 Å². The van der Waals surface area contributed by atoms with Crippen LogP contribution in [-0.2, 0) is 10.0 Å². The van der Waals surface area contributed by atoms with E-state index in [4.69, 9.17) is 9.66 Å². The van der Waals surface area contributed by atoms with Crippen molar-refractivity contribution >= 4 is 10.0 Å². The van der Waals surface area contributed by atoms with Gasteiger partial charge in [-0.3, -0.25) is 0 Å². The van der Waals surface area contributed by atoms with Crippen LogP contribution in [0.2, 0.25) is 0 Å². The van der Waals surface area contributed by atoms with Gasteiger partial charge in [-0.1, -0.05) is 67.6 Å². The summed E-state index contributed by atoms with van der Waals surface area (Å²) in [6, 6.07) is 9.32. The lowest BCUT2D eigenvalue weighted by Crippen LogP contribution is -2.47. The molecule has 2 aromatic rings. The number of nitrogens with zero attached hydrogens (tertiary/aromatic N) is 2. The van der Waals surface area contributed by atoms with Gasteiger partial charge in [0.05, 0.1) is 5.92 Å². The van der Waals surface area contributed by atoms with Crippen LogP contribution in [0.4, 0.5) is 4.39 Å². The number of primary sulfonamides is 1. The Balaban J connectivity index is 1.69. The average molecular weight is 389 g/mol. The van der Waals surface area contributed by atoms with Crippen molar-refractivity contribution in [3.8, 4) is 11.4 Å². The molecule has 1 aromatic carbocycles. The Morgan fingerprint density at radius 1 is 1.19 bits per heavy atom. The van der Waals surface area contributed by atoms with E-state index in [2.05, 4.69) is 10.1 Å². The summed E-state index contributed by atoms with van der Waals surface area (Å²) in [7, 11) is -4.11. The lowest BCUT2D eigenvalue weighted by Gasteiger charge is -2.31. The number of rotatable bonds is 4. The molecule has 0 bridgehead atoms. The molecule has 1 heterocycles. The van der Waals surface area contributed by atoms with Crippen molar-refractivity contribution in [2.45, 2.75) is 30.7 Å². The summed E-state index contributed by atoms with van der Waals surface area (Å²) in [6.45, 7) is 3.73. The highest BCUT2D eigenvalue weighted by Gasteiger charge is 2.72. The van der Waals surface area contributed by atoms with E-state index in [0.29, 0.717) is 11.7 Å². The van der Waals surface area contributed by atoms with Crippen LogP contribution in [0.25, 0.3) is 11.4 Å². The van der Waals surface area contributed by atoms with E-state index in [9.17, 15) is 8.42 Å². The molecule has 4 rings (SSSR count). The van der Waals surface area contributed by atoms with Crippen molar-refractivity contribution < 1.29 is 17.3 Å². The Labute approximate surface area is 157 Å². The maximum atomic E-state index is 16.0. The third-order valence-corrected chi connectivity index (χ3v) is 6.81. The minimum absolute atomic E-state index is 0.303. The van der Waals surface area contributed by atoms with Crippen LogP contribution in [0.5, 0.6) is 0 Å². The summed E-state index contributed by atoms with van der Waals surface area (Å²) in [4.78, 5) is 4.43. The number of hydrogen-bond acceptors (Lipinski definition) is 5. The number of aromatic nitrogens is 2. The van der Waals surface area contributed by atoms with E-state index < -0.39 is 38.2 Å². The second-order valence-electron chi connectivity index (χ2n) is 7.68. The van der Waals surface area contributed by atoms with Gasteiger partial charge in [0.1, 0.15) is 5.25 Å². The number of alkyl halides is 1. The molecule has 0 saturated heterocycles. The van der Waals surface area contributed by atoms with Crippen molar-refractivity contribution in [2.24, 2.45) is 16.5 Å². The first kappa shape index (κ1) is 18.1. The first-order chi connectivity index (χ1) is 12.7. The molecule has 4 unspecified atom stereocenters. The zero-order chi connectivity index (χ0) is 19.4. The average Bonchev–Trinajstić information content (AvgIpc) is 2.97. The Kier molecular flexibility index (Phi) is 3.91. The molecule has 4 atom stereocenters. The standard InChI is InChI=1S/C19H20FN3O3S/c1-18(2)14(17-22-16(23-26-17)12-8-4-3-5-9-12)15(18)19(20)11-7-6-10-13(19)27(21,24)25/h3-11,13-15H,1-2H3,(H2,21,24,25). The lowest BCUT2D eigenvalue weighted by molar-refractivity contribution is 0.175. The number of benzene rings is 1. The first-order valence-corrected chi connectivity index (χ1v) is 10.2. The molecule has 2 aliphatic carbocycles. The molecule has 0 spiro atoms. The molecule has 2 aliphatic rings. The second-order valence-corrected chi connectivity index (χ2v) is 9.37. The molecule has 1 aromatic heterocycles. The number of sulfonamides is 1. The molecule has 2 N–H and O–H groups in total. The van der Waals surface area contributed by atoms with Gasteiger partial charge in [-0.25, -0.2) is 17.9 Å². The molecular weight excluding hydrogens is 369 g/mol. The molecular formula is C19H20FN3O3S. The maximum absolute atomic E-state index is 16.0. The second kappa shape index (κ2) is 5.84. The van der Waals surface area contributed by atoms with E-state index in [0.717, 1.165) is 5.56 Å². The molecule has 0 radical (unpaired) electrons. The highest BCUT2D eigenvalue weighted by molar-refractivity contribution is 7.90. The van der Waals surface area contributed by atoms with Gasteiger partial charge < -0.3 is 4.52 Å². The van der Waals surface area contributed by atoms with E-state index in [-0.39, 0.29) is 0 Å². The van der Waals surface area contributed by atoms with Gasteiger partial charge >= 0.3 is 0 Å². The smallest absolute Gasteiger partial charge is 0.231 e. The molecule has 142 valence electrons. The van der Waals surface area contributed by atoms with Crippen LogP contribution >= 0.6 is 0 Å². The van der Waals surface area contributed by atoms with Gasteiger partial charge in [0.15, 0.2) is 5.67 Å². The minimum atomic E-state index is -4.11. The van der Waals surface area contributed by atoms with Crippen LogP contribution in [0.1, 0.15) is 25.7 Å². The normalized spacial score (nSPS) is 31.8. The molecule has 8 heteroatoms. The molecule has 6 nitrogen and oxygen atoms in total. The molecule has 1 saturated carbocycles. The zero-order valence-electron chi connectivity index (χ0n) is 14.9. The minimum Gasteiger partial charge on any atom is -0.339 e. The molecule has 0 amide bonds. The summed E-state index contributed by atoms with van der Waals surface area (Å²) in [5, 5.41) is 7.86. The van der Waals surface area contributed by atoms with E-state index in [1.165, 1.54) is 24.3 Å². The summed E-state index contributed by atoms with van der Waals surface area (Å²) >= 11 is 0. The zero-order valence-corrected chi connectivity index (χ0v) is 15.7. The summed E-state index contributed by atoms with van der Waals surface area (Å²) < 4.78 is 45.4. The summed E-state index contributed by atoms with van der Waals surface area (Å²) in [5.74, 6) is -0.342. The quantitative estimate of drug-likeness (QED) is 0.867. The van der Waals surface area contributed by atoms with Gasteiger partial charge in [-0.05, 0) is 11.5 Å². The van der Waals surface area contributed by atoms with E-state index >= 15 is 4.39 Å². The Morgan fingerprint density at radius 2 is 1.89 bits per heavy atom. The molecule has 1 fully saturated rings. The number of nitrogens with two attached hydrogens (primary N) is 1. The molecule has 0 aliphatic heterocycles. The van der Waals surface area contributed by atoms with Crippen molar-refractivity contribution in [1.82, 2.24) is 10.1 Å². The third-order valence-electron chi connectivity index (χ3n) is 5.58. The van der Waals surface area contributed by atoms with Crippen LogP contribution in [0.3, 0.4) is 0 Å². The monoisotopic (exact) mass is 389 g/mol. The SMILES string of the molecule is CC1(C)C(c2nc(-c3ccccc3)no2)C1C1(F)C=CC=CC1S(N)(=O)=O. The Hall–Kier alpha value is -2.32. The molecule has 27 heavy (non-hydrogen) atoms. The van der Waals surface area contributed by atoms with Crippen molar-refractivity contribution in [2.75, 3.05) is 0 Å². The van der Waals surface area contributed by atoms with Crippen LogP contribution < -0.4 is 5.14 Å². The van der Waals surface area contributed by atoms with Crippen LogP contribution in [0, 0.1) is 11.3 Å². The van der Waals surface area contributed by atoms with Crippen molar-refractivity contribution in [3.63, 3.8) is 0 Å². The number of halogens is 1. The van der Waals surface area contributed by atoms with Gasteiger partial charge in [-0.15, -0.1) is 0 Å². The fourth-order valence-electron chi connectivity index (χ4n) is 4.24. The predicted octanol–water partition coefficient (Wildman–Crippen LogP) is 2.97. The number of allylic oxidation sites excluding steroid dienone is 3. The van der Waals surface area contributed by atoms with Gasteiger partial charge in [0.25, 0.3) is 0 Å². The van der Waals surface area contributed by atoms with E-state index in [1.807, 2.05) is 44.2 Å². The van der Waals surface area contributed by atoms with Gasteiger partial charge in [0, 0.05) is 11.5 Å². The first-order valence-electron chi connectivity index (χ1n) is 8.61. The topological polar surface area (TPSA) is 99.1 Å². The number of hydrogen-bond donors (Lipinski definition) is 1. The summed E-state index contributed by atoms with van der Waals surface area (Å²) in [5.41, 5.74) is -1.91. The van der Waals surface area contributed by atoms with Crippen molar-refractivity contribution in [1.29, 1.82) is 0 Å². The van der Waals surface area contributed by atoms with Gasteiger partial charge in [0.2, 0.25) is 21.7 Å².